The first-order chi connectivity index (χ1) is 21.6. The molecule has 1 atom stereocenters. The second-order valence-corrected chi connectivity index (χ2v) is 13.2. The molecule has 4 aromatic rings. The first kappa shape index (κ1) is 33.3. The number of amides is 2. The number of para-hydroxylation sites is 2. The topological polar surface area (TPSA) is 96.0 Å². The number of nitrogens with zero attached hydrogens (tertiary/aromatic N) is 2. The Morgan fingerprint density at radius 3 is 2.07 bits per heavy atom. The Morgan fingerprint density at radius 1 is 0.822 bits per heavy atom. The Balaban J connectivity index is 1.83. The van der Waals surface area contributed by atoms with Gasteiger partial charge in [-0.05, 0) is 53.8 Å². The highest BCUT2D eigenvalue weighted by atomic mass is 32.2. The van der Waals surface area contributed by atoms with Crippen molar-refractivity contribution in [2.75, 3.05) is 24.5 Å². The lowest BCUT2D eigenvalue weighted by Gasteiger charge is -2.34. The van der Waals surface area contributed by atoms with Gasteiger partial charge in [0.25, 0.3) is 10.0 Å². The molecule has 4 aromatic carbocycles. The Labute approximate surface area is 266 Å². The standard InChI is InChI=1S/C36H41N3O5S/c1-27(2)24-37-36(41)33(23-29-16-7-5-8-17-29)38(25-30-18-12-11-15-28(30)3)35(40)26-39(32-21-13-14-22-34(32)44-4)45(42,43)31-19-9-6-10-20-31/h5-22,27,33H,23-26H2,1-4H3,(H,37,41). The van der Waals surface area contributed by atoms with E-state index in [1.54, 1.807) is 42.5 Å². The zero-order chi connectivity index (χ0) is 32.4. The number of methoxy groups -OCH3 is 1. The van der Waals surface area contributed by atoms with Crippen LogP contribution < -0.4 is 14.4 Å². The highest BCUT2D eigenvalue weighted by Crippen LogP contribution is 2.32. The Hall–Kier alpha value is -4.63. The normalized spacial score (nSPS) is 11.9. The molecule has 0 bridgehead atoms. The maximum atomic E-state index is 14.6. The molecule has 45 heavy (non-hydrogen) atoms. The largest absolute Gasteiger partial charge is 0.495 e. The summed E-state index contributed by atoms with van der Waals surface area (Å²) in [6.07, 6.45) is 0.252. The number of anilines is 1. The smallest absolute Gasteiger partial charge is 0.264 e. The van der Waals surface area contributed by atoms with Gasteiger partial charge in [-0.2, -0.15) is 0 Å². The fraction of sp³-hybridized carbons (Fsp3) is 0.278. The minimum atomic E-state index is -4.22. The molecule has 0 aliphatic carbocycles. The number of hydrogen-bond donors (Lipinski definition) is 1. The number of carbonyl (C=O) groups is 2. The van der Waals surface area contributed by atoms with E-state index in [-0.39, 0.29) is 35.4 Å². The van der Waals surface area contributed by atoms with Gasteiger partial charge >= 0.3 is 0 Å². The van der Waals surface area contributed by atoms with E-state index in [4.69, 9.17) is 4.74 Å². The molecule has 0 aliphatic rings. The fourth-order valence-electron chi connectivity index (χ4n) is 5.02. The minimum absolute atomic E-state index is 0.0321. The minimum Gasteiger partial charge on any atom is -0.495 e. The van der Waals surface area contributed by atoms with E-state index in [1.807, 2.05) is 75.4 Å². The van der Waals surface area contributed by atoms with Crippen LogP contribution >= 0.6 is 0 Å². The van der Waals surface area contributed by atoms with Crippen molar-refractivity contribution in [3.05, 3.63) is 126 Å². The Morgan fingerprint density at radius 2 is 1.42 bits per heavy atom. The van der Waals surface area contributed by atoms with Crippen molar-refractivity contribution in [3.8, 4) is 5.75 Å². The molecule has 0 fully saturated rings. The summed E-state index contributed by atoms with van der Waals surface area (Å²) in [5.41, 5.74) is 2.91. The maximum absolute atomic E-state index is 14.6. The van der Waals surface area contributed by atoms with Gasteiger partial charge in [0.2, 0.25) is 11.8 Å². The molecule has 0 spiro atoms. The number of benzene rings is 4. The molecule has 0 saturated carbocycles. The van der Waals surface area contributed by atoms with Gasteiger partial charge in [0.15, 0.2) is 0 Å². The first-order valence-corrected chi connectivity index (χ1v) is 16.4. The van der Waals surface area contributed by atoms with Crippen LogP contribution in [0.4, 0.5) is 5.69 Å². The monoisotopic (exact) mass is 627 g/mol. The number of hydrogen-bond acceptors (Lipinski definition) is 5. The average Bonchev–Trinajstić information content (AvgIpc) is 3.05. The number of ether oxygens (including phenoxy) is 1. The van der Waals surface area contributed by atoms with Crippen molar-refractivity contribution in [1.82, 2.24) is 10.2 Å². The van der Waals surface area contributed by atoms with E-state index in [2.05, 4.69) is 5.32 Å². The molecular formula is C36H41N3O5S. The maximum Gasteiger partial charge on any atom is 0.264 e. The highest BCUT2D eigenvalue weighted by molar-refractivity contribution is 7.92. The average molecular weight is 628 g/mol. The molecule has 2 amide bonds. The number of sulfonamides is 1. The first-order valence-electron chi connectivity index (χ1n) is 15.0. The number of rotatable bonds is 14. The zero-order valence-electron chi connectivity index (χ0n) is 26.2. The molecule has 9 heteroatoms. The van der Waals surface area contributed by atoms with Crippen LogP contribution in [0.1, 0.15) is 30.5 Å². The van der Waals surface area contributed by atoms with Crippen molar-refractivity contribution >= 4 is 27.5 Å². The summed E-state index contributed by atoms with van der Waals surface area (Å²) in [5, 5.41) is 3.01. The molecule has 0 saturated heterocycles. The summed E-state index contributed by atoms with van der Waals surface area (Å²) < 4.78 is 34.9. The molecule has 0 heterocycles. The van der Waals surface area contributed by atoms with Crippen molar-refractivity contribution in [2.45, 2.75) is 44.7 Å². The SMILES string of the molecule is COc1ccccc1N(CC(=O)N(Cc1ccccc1C)C(Cc1ccccc1)C(=O)NCC(C)C)S(=O)(=O)c1ccccc1. The third-order valence-electron chi connectivity index (χ3n) is 7.52. The van der Waals surface area contributed by atoms with Crippen molar-refractivity contribution in [2.24, 2.45) is 5.92 Å². The van der Waals surface area contributed by atoms with E-state index in [0.29, 0.717) is 12.3 Å². The molecule has 8 nitrogen and oxygen atoms in total. The lowest BCUT2D eigenvalue weighted by Crippen LogP contribution is -2.53. The highest BCUT2D eigenvalue weighted by Gasteiger charge is 2.35. The van der Waals surface area contributed by atoms with Crippen LogP contribution in [0.25, 0.3) is 0 Å². The van der Waals surface area contributed by atoms with E-state index in [0.717, 1.165) is 21.0 Å². The zero-order valence-corrected chi connectivity index (χ0v) is 27.0. The predicted octanol–water partition coefficient (Wildman–Crippen LogP) is 5.61. The van der Waals surface area contributed by atoms with Gasteiger partial charge < -0.3 is 15.0 Å². The van der Waals surface area contributed by atoms with Gasteiger partial charge in [-0.3, -0.25) is 13.9 Å². The van der Waals surface area contributed by atoms with Gasteiger partial charge in [-0.15, -0.1) is 0 Å². The summed E-state index contributed by atoms with van der Waals surface area (Å²) in [6.45, 7) is 5.95. The molecule has 1 N–H and O–H groups in total. The molecule has 0 aliphatic heterocycles. The molecule has 236 valence electrons. The van der Waals surface area contributed by atoms with E-state index in [9.17, 15) is 18.0 Å². The number of aryl methyl sites for hydroxylation is 1. The van der Waals surface area contributed by atoms with E-state index in [1.165, 1.54) is 24.1 Å². The van der Waals surface area contributed by atoms with E-state index < -0.39 is 28.5 Å². The molecular weight excluding hydrogens is 586 g/mol. The van der Waals surface area contributed by atoms with Crippen LogP contribution in [0.15, 0.2) is 114 Å². The molecule has 1 unspecified atom stereocenters. The fourth-order valence-corrected chi connectivity index (χ4v) is 6.46. The van der Waals surface area contributed by atoms with Crippen LogP contribution in [0.3, 0.4) is 0 Å². The molecule has 4 rings (SSSR count). The quantitative estimate of drug-likeness (QED) is 0.196. The third-order valence-corrected chi connectivity index (χ3v) is 9.30. The van der Waals surface area contributed by atoms with Crippen molar-refractivity contribution in [1.29, 1.82) is 0 Å². The predicted molar refractivity (Wildman–Crippen MR) is 177 cm³/mol. The van der Waals surface area contributed by atoms with Gasteiger partial charge in [0, 0.05) is 19.5 Å². The van der Waals surface area contributed by atoms with Gasteiger partial charge in [-0.1, -0.05) is 98.8 Å². The molecule has 0 radical (unpaired) electrons. The van der Waals surface area contributed by atoms with Gasteiger partial charge in [0.1, 0.15) is 18.3 Å². The van der Waals surface area contributed by atoms with Crippen molar-refractivity contribution < 1.29 is 22.7 Å². The van der Waals surface area contributed by atoms with Crippen LogP contribution in [0.2, 0.25) is 0 Å². The lowest BCUT2D eigenvalue weighted by atomic mass is 10.0. The van der Waals surface area contributed by atoms with Gasteiger partial charge in [-0.25, -0.2) is 8.42 Å². The second kappa shape index (κ2) is 15.4. The van der Waals surface area contributed by atoms with Gasteiger partial charge in [0.05, 0.1) is 17.7 Å². The summed E-state index contributed by atoms with van der Waals surface area (Å²) >= 11 is 0. The Bertz CT molecular complexity index is 1680. The number of nitrogens with one attached hydrogen (secondary N) is 1. The van der Waals surface area contributed by atoms with Crippen LogP contribution in [-0.2, 0) is 32.6 Å². The Kier molecular flexibility index (Phi) is 11.4. The summed E-state index contributed by atoms with van der Waals surface area (Å²) in [7, 11) is -2.77. The summed E-state index contributed by atoms with van der Waals surface area (Å²) in [5.74, 6) is -0.330. The van der Waals surface area contributed by atoms with Crippen LogP contribution in [0, 0.1) is 12.8 Å². The summed E-state index contributed by atoms with van der Waals surface area (Å²) in [4.78, 5) is 30.0. The third kappa shape index (κ3) is 8.51. The van der Waals surface area contributed by atoms with Crippen LogP contribution in [-0.4, -0.2) is 51.4 Å². The summed E-state index contributed by atoms with van der Waals surface area (Å²) in [6, 6.07) is 30.9. The lowest BCUT2D eigenvalue weighted by molar-refractivity contribution is -0.140. The van der Waals surface area contributed by atoms with E-state index >= 15 is 0 Å². The van der Waals surface area contributed by atoms with Crippen LogP contribution in [0.5, 0.6) is 5.75 Å². The van der Waals surface area contributed by atoms with Crippen molar-refractivity contribution in [3.63, 3.8) is 0 Å². The number of carbonyl (C=O) groups excluding carboxylic acids is 2. The molecule has 0 aromatic heterocycles. The second-order valence-electron chi connectivity index (χ2n) is 11.3.